The quantitative estimate of drug-likeness (QED) is 0.181. The maximum absolute atomic E-state index is 13.0. The summed E-state index contributed by atoms with van der Waals surface area (Å²) in [5.74, 6) is 0. The summed E-state index contributed by atoms with van der Waals surface area (Å²) in [6.07, 6.45) is 6.12. The maximum atomic E-state index is 13.0. The Morgan fingerprint density at radius 1 is 0.833 bits per heavy atom. The zero-order chi connectivity index (χ0) is 24.7. The number of pyridine rings is 3. The van der Waals surface area contributed by atoms with Gasteiger partial charge in [0, 0.05) is 37.6 Å². The van der Waals surface area contributed by atoms with Crippen LogP contribution in [0.1, 0.15) is 44.9 Å². The van der Waals surface area contributed by atoms with Gasteiger partial charge in [-0.05, 0) is 41.6 Å². The van der Waals surface area contributed by atoms with Crippen LogP contribution in [-0.4, -0.2) is 0 Å². The molecule has 0 amide bonds. The number of benzene rings is 2. The van der Waals surface area contributed by atoms with Crippen LogP contribution in [0.15, 0.2) is 100 Å². The predicted molar refractivity (Wildman–Crippen MR) is 142 cm³/mol. The van der Waals surface area contributed by atoms with E-state index in [9.17, 15) is 4.79 Å². The highest BCUT2D eigenvalue weighted by Crippen LogP contribution is 2.52. The lowest BCUT2D eigenvalue weighted by Gasteiger charge is -2.44. The van der Waals surface area contributed by atoms with Crippen molar-refractivity contribution in [2.45, 2.75) is 44.6 Å². The molecule has 2 atom stereocenters. The molecule has 0 spiro atoms. The first-order chi connectivity index (χ1) is 17.5. The Morgan fingerprint density at radius 2 is 1.64 bits per heavy atom. The largest absolute Gasteiger partial charge is 0.422 e. The van der Waals surface area contributed by atoms with Crippen LogP contribution < -0.4 is 14.6 Å². The topological polar surface area (TPSA) is 38.2 Å². The van der Waals surface area contributed by atoms with E-state index in [0.717, 1.165) is 23.7 Å². The second-order valence-corrected chi connectivity index (χ2v) is 10.2. The summed E-state index contributed by atoms with van der Waals surface area (Å²) >= 11 is 0. The van der Waals surface area contributed by atoms with Gasteiger partial charge in [-0.1, -0.05) is 44.2 Å². The summed E-state index contributed by atoms with van der Waals surface area (Å²) < 4.78 is 10.6. The van der Waals surface area contributed by atoms with Crippen LogP contribution in [0.25, 0.3) is 38.2 Å². The van der Waals surface area contributed by atoms with Gasteiger partial charge in [0.2, 0.25) is 16.7 Å². The van der Waals surface area contributed by atoms with Gasteiger partial charge in [0.05, 0.1) is 10.8 Å². The van der Waals surface area contributed by atoms with E-state index in [0.29, 0.717) is 11.0 Å². The first kappa shape index (κ1) is 21.3. The molecule has 1 aliphatic rings. The van der Waals surface area contributed by atoms with E-state index >= 15 is 0 Å². The second-order valence-electron chi connectivity index (χ2n) is 10.2. The highest BCUT2D eigenvalue weighted by molar-refractivity contribution is 6.03. The lowest BCUT2D eigenvalue weighted by atomic mass is 9.58. The van der Waals surface area contributed by atoms with E-state index in [1.807, 2.05) is 24.3 Å². The number of hydrogen-bond donors (Lipinski definition) is 0. The number of nitrogens with zero attached hydrogens (tertiary/aromatic N) is 2. The van der Waals surface area contributed by atoms with Crippen molar-refractivity contribution in [3.05, 3.63) is 113 Å². The molecular formula is C32H28N2O2+2. The fourth-order valence-corrected chi connectivity index (χ4v) is 7.12. The van der Waals surface area contributed by atoms with Gasteiger partial charge in [0.1, 0.15) is 16.4 Å². The van der Waals surface area contributed by atoms with Crippen molar-refractivity contribution in [3.63, 3.8) is 0 Å². The molecule has 4 nitrogen and oxygen atoms in total. The molecule has 2 unspecified atom stereocenters. The van der Waals surface area contributed by atoms with E-state index in [1.165, 1.54) is 27.5 Å². The van der Waals surface area contributed by atoms with Crippen LogP contribution in [0, 0.1) is 0 Å². The molecule has 7 rings (SSSR count). The molecule has 4 aromatic heterocycles. The van der Waals surface area contributed by atoms with Gasteiger partial charge in [-0.2, -0.15) is 8.97 Å². The van der Waals surface area contributed by atoms with Gasteiger partial charge < -0.3 is 4.42 Å². The molecule has 0 aliphatic carbocycles. The second kappa shape index (κ2) is 7.23. The fraction of sp³-hybridized carbons (Fsp3) is 0.219. The molecular weight excluding hydrogens is 444 g/mol. The SMILES string of the molecule is CCC1(c2cc3ccccc3c3cccc[n+]23)c2cccc3oc(=O)c4ccc[n+](c4c23)C1(C)CC. The molecule has 0 saturated heterocycles. The Labute approximate surface area is 209 Å². The molecule has 176 valence electrons. The maximum Gasteiger partial charge on any atom is 0.350 e. The zero-order valence-electron chi connectivity index (χ0n) is 20.8. The number of fused-ring (bicyclic) bond motifs is 3. The minimum atomic E-state index is -0.387. The monoisotopic (exact) mass is 472 g/mol. The average molecular weight is 473 g/mol. The van der Waals surface area contributed by atoms with Crippen LogP contribution in [0.3, 0.4) is 0 Å². The van der Waals surface area contributed by atoms with Crippen LogP contribution in [0.4, 0.5) is 0 Å². The van der Waals surface area contributed by atoms with Gasteiger partial charge in [-0.3, -0.25) is 0 Å². The first-order valence-corrected chi connectivity index (χ1v) is 12.8. The molecule has 4 heteroatoms. The normalized spacial score (nSPS) is 21.2. The Kier molecular flexibility index (Phi) is 4.27. The molecule has 0 fully saturated rings. The Hall–Kier alpha value is -4.05. The third-order valence-electron chi connectivity index (χ3n) is 8.89. The molecule has 2 aromatic carbocycles. The summed E-state index contributed by atoms with van der Waals surface area (Å²) in [6.45, 7) is 6.92. The van der Waals surface area contributed by atoms with Gasteiger partial charge >= 0.3 is 5.63 Å². The van der Waals surface area contributed by atoms with E-state index < -0.39 is 0 Å². The van der Waals surface area contributed by atoms with E-state index in [-0.39, 0.29) is 16.6 Å². The lowest BCUT2D eigenvalue weighted by Crippen LogP contribution is -2.69. The number of rotatable bonds is 3. The highest BCUT2D eigenvalue weighted by atomic mass is 16.4. The summed E-state index contributed by atoms with van der Waals surface area (Å²) in [7, 11) is 0. The van der Waals surface area contributed by atoms with Gasteiger partial charge in [0.25, 0.3) is 0 Å². The van der Waals surface area contributed by atoms with E-state index in [1.54, 1.807) is 0 Å². The van der Waals surface area contributed by atoms with E-state index in [4.69, 9.17) is 4.42 Å². The smallest absolute Gasteiger partial charge is 0.350 e. The molecule has 6 aromatic rings. The molecule has 1 aliphatic heterocycles. The molecule has 0 radical (unpaired) electrons. The van der Waals surface area contributed by atoms with Crippen molar-refractivity contribution < 1.29 is 13.4 Å². The third-order valence-corrected chi connectivity index (χ3v) is 8.89. The lowest BCUT2D eigenvalue weighted by molar-refractivity contribution is -0.752. The molecule has 0 saturated carbocycles. The van der Waals surface area contributed by atoms with Crippen LogP contribution in [0.5, 0.6) is 0 Å². The van der Waals surface area contributed by atoms with Crippen molar-refractivity contribution in [1.82, 2.24) is 0 Å². The molecule has 36 heavy (non-hydrogen) atoms. The molecule has 0 N–H and O–H groups in total. The summed E-state index contributed by atoms with van der Waals surface area (Å²) in [6, 6.07) is 27.6. The van der Waals surface area contributed by atoms with Gasteiger partial charge in [0.15, 0.2) is 17.9 Å². The summed E-state index contributed by atoms with van der Waals surface area (Å²) in [5, 5.41) is 4.14. The summed E-state index contributed by atoms with van der Waals surface area (Å²) in [5.41, 5.74) is 4.28. The Bertz CT molecular complexity index is 1920. The van der Waals surface area contributed by atoms with Crippen LogP contribution >= 0.6 is 0 Å². The van der Waals surface area contributed by atoms with Crippen LogP contribution in [0.2, 0.25) is 0 Å². The Morgan fingerprint density at radius 3 is 2.47 bits per heavy atom. The van der Waals surface area contributed by atoms with E-state index in [2.05, 4.69) is 96.7 Å². The van der Waals surface area contributed by atoms with Crippen LogP contribution in [-0.2, 0) is 11.0 Å². The minimum Gasteiger partial charge on any atom is -0.422 e. The standard InChI is InChI=1S/C32H28N2O2/c1-4-31(3)32(5-2,27-20-21-12-6-7-13-22(21)25-16-8-9-18-33(25)27)24-15-10-17-26-28(24)29-23(30(35)36-26)14-11-19-34(29)31/h6-20H,4-5H2,1-3H3/q+2. The van der Waals surface area contributed by atoms with Crippen molar-refractivity contribution in [2.75, 3.05) is 0 Å². The van der Waals surface area contributed by atoms with Crippen molar-refractivity contribution in [1.29, 1.82) is 0 Å². The predicted octanol–water partition coefficient (Wildman–Crippen LogP) is 5.96. The van der Waals surface area contributed by atoms with Gasteiger partial charge in [-0.25, -0.2) is 4.79 Å². The number of aromatic nitrogens is 2. The highest BCUT2D eigenvalue weighted by Gasteiger charge is 2.63. The van der Waals surface area contributed by atoms with Crippen molar-refractivity contribution in [3.8, 4) is 0 Å². The summed E-state index contributed by atoms with van der Waals surface area (Å²) in [4.78, 5) is 13.0. The molecule has 0 bridgehead atoms. The zero-order valence-corrected chi connectivity index (χ0v) is 20.8. The number of hydrogen-bond acceptors (Lipinski definition) is 2. The third kappa shape index (κ3) is 2.37. The van der Waals surface area contributed by atoms with Crippen molar-refractivity contribution in [2.24, 2.45) is 0 Å². The van der Waals surface area contributed by atoms with Gasteiger partial charge in [-0.15, -0.1) is 0 Å². The van der Waals surface area contributed by atoms with Crippen molar-refractivity contribution >= 4 is 38.2 Å². The minimum absolute atomic E-state index is 0.281. The molecule has 5 heterocycles. The Balaban J connectivity index is 1.77. The first-order valence-electron chi connectivity index (χ1n) is 12.8. The fourth-order valence-electron chi connectivity index (χ4n) is 7.12. The average Bonchev–Trinajstić information content (AvgIpc) is 2.93.